The Balaban J connectivity index is 2.19. The molecule has 2 fully saturated rings. The van der Waals surface area contributed by atoms with E-state index in [9.17, 15) is 5.11 Å². The fourth-order valence-corrected chi connectivity index (χ4v) is 3.68. The van der Waals surface area contributed by atoms with Crippen LogP contribution in [0.25, 0.3) is 0 Å². The quantitative estimate of drug-likeness (QED) is 0.587. The monoisotopic (exact) mass is 194 g/mol. The third kappa shape index (κ3) is 1.52. The average Bonchev–Trinajstić information content (AvgIpc) is 2.12. The smallest absolute Gasteiger partial charge is 0.0568 e. The molecule has 1 nitrogen and oxygen atoms in total. The van der Waals surface area contributed by atoms with E-state index >= 15 is 0 Å². The van der Waals surface area contributed by atoms with Gasteiger partial charge in [0, 0.05) is 0 Å². The van der Waals surface area contributed by atoms with Gasteiger partial charge in [0.05, 0.1) is 6.10 Å². The number of hydrogen-bond donors (Lipinski definition) is 1. The van der Waals surface area contributed by atoms with Crippen molar-refractivity contribution >= 4 is 0 Å². The van der Waals surface area contributed by atoms with Gasteiger partial charge in [-0.15, -0.1) is 0 Å². The fraction of sp³-hybridized carbons (Fsp3) is 0.846. The Morgan fingerprint density at radius 3 is 2.86 bits per heavy atom. The van der Waals surface area contributed by atoms with Crippen molar-refractivity contribution in [3.05, 3.63) is 12.2 Å². The van der Waals surface area contributed by atoms with E-state index in [2.05, 4.69) is 20.4 Å². The van der Waals surface area contributed by atoms with Crippen molar-refractivity contribution in [3.63, 3.8) is 0 Å². The van der Waals surface area contributed by atoms with Crippen LogP contribution in [0.5, 0.6) is 0 Å². The second kappa shape index (κ2) is 3.37. The first-order valence-corrected chi connectivity index (χ1v) is 5.88. The number of hydrogen-bond acceptors (Lipinski definition) is 1. The maximum atomic E-state index is 9.87. The second-order valence-electron chi connectivity index (χ2n) is 5.69. The van der Waals surface area contributed by atoms with Crippen LogP contribution in [0.15, 0.2) is 12.2 Å². The lowest BCUT2D eigenvalue weighted by molar-refractivity contribution is -0.0450. The molecule has 2 aliphatic carbocycles. The molecule has 0 aliphatic heterocycles. The van der Waals surface area contributed by atoms with Crippen LogP contribution in [0.3, 0.4) is 0 Å². The number of aliphatic hydroxyl groups excluding tert-OH is 1. The molecule has 0 bridgehead atoms. The predicted molar refractivity (Wildman–Crippen MR) is 59.0 cm³/mol. The Morgan fingerprint density at radius 1 is 1.43 bits per heavy atom. The van der Waals surface area contributed by atoms with Crippen LogP contribution in [-0.4, -0.2) is 11.2 Å². The Kier molecular flexibility index (Phi) is 2.46. The SMILES string of the molecule is C=C1CCC2[C@@H](C)[C@H](O)CC[C@@]2(C)C1. The molecule has 0 radical (unpaired) electrons. The third-order valence-electron chi connectivity index (χ3n) is 4.61. The van der Waals surface area contributed by atoms with Crippen molar-refractivity contribution in [3.8, 4) is 0 Å². The van der Waals surface area contributed by atoms with E-state index in [1.54, 1.807) is 0 Å². The Hall–Kier alpha value is -0.300. The van der Waals surface area contributed by atoms with Crippen molar-refractivity contribution in [2.45, 2.75) is 52.1 Å². The van der Waals surface area contributed by atoms with Gasteiger partial charge in [-0.2, -0.15) is 0 Å². The highest BCUT2D eigenvalue weighted by Crippen LogP contribution is 2.53. The lowest BCUT2D eigenvalue weighted by Gasteiger charge is -2.50. The van der Waals surface area contributed by atoms with Gasteiger partial charge in [0.2, 0.25) is 0 Å². The van der Waals surface area contributed by atoms with Gasteiger partial charge in [0.25, 0.3) is 0 Å². The van der Waals surface area contributed by atoms with Crippen molar-refractivity contribution in [2.24, 2.45) is 17.3 Å². The molecule has 2 saturated carbocycles. The molecule has 0 saturated heterocycles. The predicted octanol–water partition coefficient (Wildman–Crippen LogP) is 3.14. The summed E-state index contributed by atoms with van der Waals surface area (Å²) in [7, 11) is 0. The van der Waals surface area contributed by atoms with Crippen LogP contribution in [0, 0.1) is 17.3 Å². The standard InChI is InChI=1S/C13H22O/c1-9-4-5-11-10(2)12(14)6-7-13(11,3)8-9/h10-12,14H,1,4-8H2,2-3H3/t10-,11?,12-,13+/m1/s1. The largest absolute Gasteiger partial charge is 0.393 e. The van der Waals surface area contributed by atoms with E-state index in [1.807, 2.05) is 0 Å². The van der Waals surface area contributed by atoms with Gasteiger partial charge < -0.3 is 5.11 Å². The molecule has 2 rings (SSSR count). The summed E-state index contributed by atoms with van der Waals surface area (Å²) in [6, 6.07) is 0. The molecular formula is C13H22O. The summed E-state index contributed by atoms with van der Waals surface area (Å²) in [4.78, 5) is 0. The van der Waals surface area contributed by atoms with E-state index in [1.165, 1.54) is 31.3 Å². The van der Waals surface area contributed by atoms with Crippen molar-refractivity contribution < 1.29 is 5.11 Å². The first kappa shape index (κ1) is 10.2. The maximum Gasteiger partial charge on any atom is 0.0568 e. The van der Waals surface area contributed by atoms with E-state index < -0.39 is 0 Å². The minimum atomic E-state index is -0.0561. The molecule has 0 amide bonds. The maximum absolute atomic E-state index is 9.87. The highest BCUT2D eigenvalue weighted by Gasteiger charge is 2.45. The van der Waals surface area contributed by atoms with Crippen molar-refractivity contribution in [1.82, 2.24) is 0 Å². The van der Waals surface area contributed by atoms with E-state index in [0.29, 0.717) is 11.3 Å². The van der Waals surface area contributed by atoms with Gasteiger partial charge >= 0.3 is 0 Å². The highest BCUT2D eigenvalue weighted by molar-refractivity contribution is 5.09. The van der Waals surface area contributed by atoms with E-state index in [-0.39, 0.29) is 6.10 Å². The van der Waals surface area contributed by atoms with Gasteiger partial charge in [-0.3, -0.25) is 0 Å². The molecule has 14 heavy (non-hydrogen) atoms. The Morgan fingerprint density at radius 2 is 2.14 bits per heavy atom. The van der Waals surface area contributed by atoms with Crippen LogP contribution in [0.2, 0.25) is 0 Å². The van der Waals surface area contributed by atoms with Gasteiger partial charge in [-0.1, -0.05) is 26.0 Å². The van der Waals surface area contributed by atoms with Crippen molar-refractivity contribution in [2.75, 3.05) is 0 Å². The summed E-state index contributed by atoms with van der Waals surface area (Å²) in [5, 5.41) is 9.87. The van der Waals surface area contributed by atoms with Gasteiger partial charge in [0.15, 0.2) is 0 Å². The molecule has 1 N–H and O–H groups in total. The van der Waals surface area contributed by atoms with Crippen LogP contribution >= 0.6 is 0 Å². The first-order chi connectivity index (χ1) is 6.53. The summed E-state index contributed by atoms with van der Waals surface area (Å²) < 4.78 is 0. The normalized spacial score (nSPS) is 48.8. The summed E-state index contributed by atoms with van der Waals surface area (Å²) in [6.45, 7) is 8.75. The first-order valence-electron chi connectivity index (χ1n) is 5.88. The molecule has 0 aromatic carbocycles. The minimum absolute atomic E-state index is 0.0561. The third-order valence-corrected chi connectivity index (χ3v) is 4.61. The zero-order valence-electron chi connectivity index (χ0n) is 9.42. The van der Waals surface area contributed by atoms with Gasteiger partial charge in [-0.25, -0.2) is 0 Å². The van der Waals surface area contributed by atoms with Crippen molar-refractivity contribution in [1.29, 1.82) is 0 Å². The van der Waals surface area contributed by atoms with Gasteiger partial charge in [0.1, 0.15) is 0 Å². The van der Waals surface area contributed by atoms with Crippen LogP contribution in [-0.2, 0) is 0 Å². The zero-order valence-corrected chi connectivity index (χ0v) is 9.42. The molecule has 0 aromatic heterocycles. The summed E-state index contributed by atoms with van der Waals surface area (Å²) in [5.74, 6) is 1.21. The average molecular weight is 194 g/mol. The molecule has 0 aromatic rings. The van der Waals surface area contributed by atoms with E-state index in [4.69, 9.17) is 0 Å². The zero-order chi connectivity index (χ0) is 10.3. The summed E-state index contributed by atoms with van der Waals surface area (Å²) in [5.41, 5.74) is 1.86. The Bertz CT molecular complexity index is 246. The molecular weight excluding hydrogens is 172 g/mol. The number of fused-ring (bicyclic) bond motifs is 1. The van der Waals surface area contributed by atoms with Crippen LogP contribution in [0.4, 0.5) is 0 Å². The van der Waals surface area contributed by atoms with E-state index in [0.717, 1.165) is 12.3 Å². The minimum Gasteiger partial charge on any atom is -0.393 e. The molecule has 4 atom stereocenters. The molecule has 1 heteroatoms. The molecule has 1 unspecified atom stereocenters. The summed E-state index contributed by atoms with van der Waals surface area (Å²) >= 11 is 0. The number of rotatable bonds is 0. The summed E-state index contributed by atoms with van der Waals surface area (Å²) in [6.07, 6.45) is 5.72. The molecule has 80 valence electrons. The topological polar surface area (TPSA) is 20.2 Å². The lowest BCUT2D eigenvalue weighted by Crippen LogP contribution is -2.44. The molecule has 0 spiro atoms. The number of aliphatic hydroxyl groups is 1. The van der Waals surface area contributed by atoms with Gasteiger partial charge in [-0.05, 0) is 49.4 Å². The number of allylic oxidation sites excluding steroid dienone is 1. The second-order valence-corrected chi connectivity index (χ2v) is 5.69. The lowest BCUT2D eigenvalue weighted by atomic mass is 9.55. The molecule has 0 heterocycles. The Labute approximate surface area is 87.2 Å². The fourth-order valence-electron chi connectivity index (χ4n) is 3.68. The highest BCUT2D eigenvalue weighted by atomic mass is 16.3. The van der Waals surface area contributed by atoms with Crippen LogP contribution < -0.4 is 0 Å². The molecule has 2 aliphatic rings. The van der Waals surface area contributed by atoms with Crippen LogP contribution in [0.1, 0.15) is 46.0 Å².